The van der Waals surface area contributed by atoms with Gasteiger partial charge in [-0.2, -0.15) is 0 Å². The van der Waals surface area contributed by atoms with E-state index in [-0.39, 0.29) is 18.4 Å². The summed E-state index contributed by atoms with van der Waals surface area (Å²) < 4.78 is 5.65. The molecule has 1 aromatic carbocycles. The highest BCUT2D eigenvalue weighted by Crippen LogP contribution is 2.26. The summed E-state index contributed by atoms with van der Waals surface area (Å²) >= 11 is 0. The fraction of sp³-hybridized carbons (Fsp3) is 0.526. The quantitative estimate of drug-likeness (QED) is 0.801. The Balaban J connectivity index is 1.53. The average Bonchev–Trinajstić information content (AvgIpc) is 2.86. The van der Waals surface area contributed by atoms with Gasteiger partial charge in [-0.15, -0.1) is 0 Å². The number of rotatable bonds is 4. The summed E-state index contributed by atoms with van der Waals surface area (Å²) in [4.78, 5) is 37.4. The molecule has 2 fully saturated rings. The molecule has 26 heavy (non-hydrogen) atoms. The van der Waals surface area contributed by atoms with Crippen LogP contribution in [0.1, 0.15) is 43.7 Å². The molecule has 1 spiro atoms. The second-order valence-electron chi connectivity index (χ2n) is 7.33. The van der Waals surface area contributed by atoms with E-state index < -0.39 is 11.6 Å². The van der Waals surface area contributed by atoms with Gasteiger partial charge in [0.05, 0.1) is 0 Å². The number of amides is 4. The number of aryl methyl sites for hydroxylation is 1. The van der Waals surface area contributed by atoms with Gasteiger partial charge in [-0.1, -0.05) is 19.9 Å². The van der Waals surface area contributed by atoms with Gasteiger partial charge in [0.15, 0.2) is 6.61 Å². The molecule has 7 heteroatoms. The largest absolute Gasteiger partial charge is 0.484 e. The van der Waals surface area contributed by atoms with Crippen LogP contribution in [0.3, 0.4) is 0 Å². The number of benzene rings is 1. The molecule has 0 saturated carbocycles. The Labute approximate surface area is 153 Å². The number of hydrogen-bond donors (Lipinski definition) is 2. The lowest BCUT2D eigenvalue weighted by Gasteiger charge is -2.36. The Morgan fingerprint density at radius 1 is 1.27 bits per heavy atom. The van der Waals surface area contributed by atoms with Crippen LogP contribution in [0.25, 0.3) is 0 Å². The summed E-state index contributed by atoms with van der Waals surface area (Å²) in [6.07, 6.45) is 0.830. The molecular weight excluding hydrogens is 334 g/mol. The van der Waals surface area contributed by atoms with Crippen molar-refractivity contribution in [1.82, 2.24) is 15.5 Å². The Hall–Kier alpha value is -2.57. The molecule has 0 aromatic heterocycles. The summed E-state index contributed by atoms with van der Waals surface area (Å²) in [5.41, 5.74) is 1.55. The number of nitrogens with one attached hydrogen (secondary N) is 2. The van der Waals surface area contributed by atoms with E-state index in [1.54, 1.807) is 4.90 Å². The number of carbonyl (C=O) groups excluding carboxylic acids is 3. The average molecular weight is 359 g/mol. The van der Waals surface area contributed by atoms with Gasteiger partial charge >= 0.3 is 6.03 Å². The number of hydrogen-bond acceptors (Lipinski definition) is 4. The summed E-state index contributed by atoms with van der Waals surface area (Å²) in [6, 6.07) is 5.41. The van der Waals surface area contributed by atoms with Crippen molar-refractivity contribution in [3.63, 3.8) is 0 Å². The van der Waals surface area contributed by atoms with Crippen LogP contribution in [0.2, 0.25) is 0 Å². The van der Waals surface area contributed by atoms with Crippen LogP contribution >= 0.6 is 0 Å². The predicted octanol–water partition coefficient (Wildman–Crippen LogP) is 1.70. The number of carbonyl (C=O) groups is 3. The van der Waals surface area contributed by atoms with Crippen molar-refractivity contribution in [2.75, 3.05) is 19.7 Å². The van der Waals surface area contributed by atoms with Gasteiger partial charge in [0.1, 0.15) is 11.3 Å². The zero-order valence-corrected chi connectivity index (χ0v) is 15.4. The van der Waals surface area contributed by atoms with Crippen molar-refractivity contribution in [3.05, 3.63) is 29.3 Å². The smallest absolute Gasteiger partial charge is 0.322 e. The van der Waals surface area contributed by atoms with Crippen molar-refractivity contribution in [2.24, 2.45) is 0 Å². The van der Waals surface area contributed by atoms with Gasteiger partial charge < -0.3 is 15.0 Å². The topological polar surface area (TPSA) is 87.7 Å². The number of ether oxygens (including phenoxy) is 1. The van der Waals surface area contributed by atoms with E-state index in [0.717, 1.165) is 5.56 Å². The normalized spacial score (nSPS) is 18.8. The minimum Gasteiger partial charge on any atom is -0.484 e. The molecular formula is C19H25N3O4. The Morgan fingerprint density at radius 3 is 2.50 bits per heavy atom. The minimum absolute atomic E-state index is 0.0357. The number of nitrogens with zero attached hydrogens (tertiary/aromatic N) is 1. The third kappa shape index (κ3) is 3.52. The van der Waals surface area contributed by atoms with E-state index in [0.29, 0.717) is 37.6 Å². The first-order chi connectivity index (χ1) is 12.3. The Morgan fingerprint density at radius 2 is 1.96 bits per heavy atom. The molecule has 2 aliphatic rings. The first-order valence-electron chi connectivity index (χ1n) is 8.95. The number of urea groups is 1. The van der Waals surface area contributed by atoms with E-state index >= 15 is 0 Å². The first kappa shape index (κ1) is 18.2. The monoisotopic (exact) mass is 359 g/mol. The third-order valence-corrected chi connectivity index (χ3v) is 5.21. The van der Waals surface area contributed by atoms with Crippen LogP contribution in [0, 0.1) is 6.92 Å². The summed E-state index contributed by atoms with van der Waals surface area (Å²) in [7, 11) is 0. The van der Waals surface area contributed by atoms with E-state index in [4.69, 9.17) is 4.74 Å². The molecule has 7 nitrogen and oxygen atoms in total. The van der Waals surface area contributed by atoms with Crippen molar-refractivity contribution in [1.29, 1.82) is 0 Å². The van der Waals surface area contributed by atoms with Gasteiger partial charge in [-0.25, -0.2) is 4.79 Å². The van der Waals surface area contributed by atoms with Crippen LogP contribution in [0.15, 0.2) is 18.2 Å². The molecule has 2 N–H and O–H groups in total. The van der Waals surface area contributed by atoms with Crippen molar-refractivity contribution in [2.45, 2.75) is 45.1 Å². The fourth-order valence-electron chi connectivity index (χ4n) is 3.64. The zero-order valence-electron chi connectivity index (χ0n) is 15.4. The molecule has 0 aliphatic carbocycles. The second-order valence-corrected chi connectivity index (χ2v) is 7.33. The standard InChI is InChI=1S/C19H25N3O4/c1-12(2)15-5-4-14(10-13(15)3)26-11-16(23)22-8-6-19(7-9-22)17(24)20-18(25)21-19/h4-5,10,12H,6-9,11H2,1-3H3,(H2,20,21,24,25). The molecule has 0 atom stereocenters. The Kier molecular flexibility index (Phi) is 4.89. The maximum absolute atomic E-state index is 12.4. The molecule has 140 valence electrons. The van der Waals surface area contributed by atoms with Crippen LogP contribution in [-0.4, -0.2) is 48.0 Å². The van der Waals surface area contributed by atoms with E-state index in [2.05, 4.69) is 24.5 Å². The summed E-state index contributed by atoms with van der Waals surface area (Å²) in [6.45, 7) is 7.12. The third-order valence-electron chi connectivity index (χ3n) is 5.21. The van der Waals surface area contributed by atoms with E-state index in [1.165, 1.54) is 5.56 Å². The summed E-state index contributed by atoms with van der Waals surface area (Å²) in [5, 5.41) is 4.96. The molecule has 1 aromatic rings. The number of likely N-dealkylation sites (tertiary alicyclic amines) is 1. The Bertz CT molecular complexity index is 736. The van der Waals surface area contributed by atoms with Gasteiger partial charge in [-0.05, 0) is 48.9 Å². The van der Waals surface area contributed by atoms with Gasteiger partial charge in [0.25, 0.3) is 11.8 Å². The lowest BCUT2D eigenvalue weighted by atomic mass is 9.88. The fourth-order valence-corrected chi connectivity index (χ4v) is 3.64. The van der Waals surface area contributed by atoms with E-state index in [9.17, 15) is 14.4 Å². The van der Waals surface area contributed by atoms with Gasteiger partial charge in [-0.3, -0.25) is 14.9 Å². The molecule has 4 amide bonds. The highest BCUT2D eigenvalue weighted by molar-refractivity contribution is 6.07. The molecule has 3 rings (SSSR count). The predicted molar refractivity (Wildman–Crippen MR) is 96.0 cm³/mol. The highest BCUT2D eigenvalue weighted by Gasteiger charge is 2.48. The first-order valence-corrected chi connectivity index (χ1v) is 8.95. The van der Waals surface area contributed by atoms with Crippen LogP contribution in [-0.2, 0) is 9.59 Å². The molecule has 0 unspecified atom stereocenters. The van der Waals surface area contributed by atoms with Crippen molar-refractivity contribution in [3.8, 4) is 5.75 Å². The van der Waals surface area contributed by atoms with Crippen molar-refractivity contribution >= 4 is 17.8 Å². The molecule has 0 radical (unpaired) electrons. The van der Waals surface area contributed by atoms with Crippen LogP contribution in [0.5, 0.6) is 5.75 Å². The SMILES string of the molecule is Cc1cc(OCC(=O)N2CCC3(CC2)NC(=O)NC3=O)ccc1C(C)C. The number of imide groups is 1. The minimum atomic E-state index is -0.863. The molecule has 2 aliphatic heterocycles. The lowest BCUT2D eigenvalue weighted by molar-refractivity contribution is -0.137. The van der Waals surface area contributed by atoms with Gasteiger partial charge in [0.2, 0.25) is 0 Å². The highest BCUT2D eigenvalue weighted by atomic mass is 16.5. The lowest BCUT2D eigenvalue weighted by Crippen LogP contribution is -2.56. The summed E-state index contributed by atoms with van der Waals surface area (Å²) in [5.74, 6) is 0.706. The maximum atomic E-state index is 12.4. The molecule has 2 saturated heterocycles. The second kappa shape index (κ2) is 6.97. The van der Waals surface area contributed by atoms with Crippen molar-refractivity contribution < 1.29 is 19.1 Å². The number of piperidine rings is 1. The van der Waals surface area contributed by atoms with Crippen LogP contribution in [0.4, 0.5) is 4.79 Å². The molecule has 0 bridgehead atoms. The van der Waals surface area contributed by atoms with E-state index in [1.807, 2.05) is 25.1 Å². The van der Waals surface area contributed by atoms with Gasteiger partial charge in [0, 0.05) is 13.1 Å². The van der Waals surface area contributed by atoms with Crippen LogP contribution < -0.4 is 15.4 Å². The molecule has 2 heterocycles. The maximum Gasteiger partial charge on any atom is 0.322 e. The zero-order chi connectivity index (χ0) is 18.9.